The van der Waals surface area contributed by atoms with E-state index in [1.54, 1.807) is 6.07 Å². The fraction of sp³-hybridized carbons (Fsp3) is 0.600. The van der Waals surface area contributed by atoms with E-state index in [-0.39, 0.29) is 0 Å². The summed E-state index contributed by atoms with van der Waals surface area (Å²) in [5, 5.41) is 10.0. The smallest absolute Gasteiger partial charge is 0.413 e. The number of hydrogen-bond acceptors (Lipinski definition) is 2. The van der Waals surface area contributed by atoms with E-state index in [9.17, 15) is 9.90 Å². The first-order chi connectivity index (χ1) is 9.70. The molecular weight excluding hydrogens is 320 g/mol. The van der Waals surface area contributed by atoms with Gasteiger partial charge in [-0.2, -0.15) is 0 Å². The zero-order chi connectivity index (χ0) is 14.4. The van der Waals surface area contributed by atoms with Gasteiger partial charge in [0.2, 0.25) is 0 Å². The quantitative estimate of drug-likeness (QED) is 0.806. The van der Waals surface area contributed by atoms with Gasteiger partial charge in [0.05, 0.1) is 5.69 Å². The number of hydrogen-bond donors (Lipinski definition) is 1. The molecule has 1 aliphatic rings. The van der Waals surface area contributed by atoms with E-state index in [4.69, 9.17) is 0 Å². The minimum absolute atomic E-state index is 0.533. The Morgan fingerprint density at radius 3 is 2.75 bits per heavy atom. The lowest BCUT2D eigenvalue weighted by atomic mass is 9.87. The zero-order valence-electron chi connectivity index (χ0n) is 11.6. The molecule has 0 saturated heterocycles. The molecule has 5 heteroatoms. The molecule has 0 unspecified atom stereocenters. The molecule has 0 radical (unpaired) electrons. The maximum Gasteiger partial charge on any atom is 0.413 e. The van der Waals surface area contributed by atoms with E-state index in [1.807, 2.05) is 12.1 Å². The highest BCUT2D eigenvalue weighted by atomic mass is 79.9. The third-order valence-corrected chi connectivity index (χ3v) is 4.50. The van der Waals surface area contributed by atoms with Crippen LogP contribution in [0.5, 0.6) is 0 Å². The Bertz CT molecular complexity index is 447. The van der Waals surface area contributed by atoms with Crippen molar-refractivity contribution in [2.24, 2.45) is 5.92 Å². The number of carboxylic acid groups (broad SMARTS) is 1. The first-order valence-electron chi connectivity index (χ1n) is 7.23. The summed E-state index contributed by atoms with van der Waals surface area (Å²) in [6.07, 6.45) is 6.40. The molecule has 2 rings (SSSR count). The van der Waals surface area contributed by atoms with Crippen molar-refractivity contribution in [2.45, 2.75) is 43.9 Å². The molecule has 1 N–H and O–H groups in total. The molecule has 110 valence electrons. The van der Waals surface area contributed by atoms with E-state index in [0.29, 0.717) is 23.6 Å². The van der Waals surface area contributed by atoms with E-state index in [0.717, 1.165) is 12.1 Å². The number of aromatic nitrogens is 1. The topological polar surface area (TPSA) is 53.4 Å². The predicted molar refractivity (Wildman–Crippen MR) is 83.4 cm³/mol. The highest BCUT2D eigenvalue weighted by molar-refractivity contribution is 9.08. The summed E-state index contributed by atoms with van der Waals surface area (Å²) in [5.74, 6) is 1.20. The SMILES string of the molecule is O=C(O)N(CCC1CCCCC1)c1cccc(CBr)n1. The first-order valence-corrected chi connectivity index (χ1v) is 8.35. The Hall–Kier alpha value is -1.10. The van der Waals surface area contributed by atoms with Crippen LogP contribution >= 0.6 is 15.9 Å². The summed E-state index contributed by atoms with van der Waals surface area (Å²) < 4.78 is 0. The van der Waals surface area contributed by atoms with Gasteiger partial charge in [-0.05, 0) is 24.5 Å². The molecule has 0 spiro atoms. The third-order valence-electron chi connectivity index (χ3n) is 3.92. The van der Waals surface area contributed by atoms with Crippen molar-refractivity contribution >= 4 is 27.8 Å². The lowest BCUT2D eigenvalue weighted by Crippen LogP contribution is -2.32. The van der Waals surface area contributed by atoms with Crippen LogP contribution in [-0.2, 0) is 5.33 Å². The van der Waals surface area contributed by atoms with Crippen LogP contribution in [0.4, 0.5) is 10.6 Å². The van der Waals surface area contributed by atoms with Gasteiger partial charge < -0.3 is 5.11 Å². The van der Waals surface area contributed by atoms with Crippen molar-refractivity contribution in [1.82, 2.24) is 4.98 Å². The van der Waals surface area contributed by atoms with Crippen LogP contribution < -0.4 is 4.90 Å². The van der Waals surface area contributed by atoms with Crippen molar-refractivity contribution in [3.05, 3.63) is 23.9 Å². The molecule has 1 aromatic rings. The molecular formula is C15H21BrN2O2. The van der Waals surface area contributed by atoms with Crippen LogP contribution in [0.1, 0.15) is 44.2 Å². The summed E-state index contributed by atoms with van der Waals surface area (Å²) in [5.41, 5.74) is 0.853. The average Bonchev–Trinajstić information content (AvgIpc) is 2.48. The Labute approximate surface area is 128 Å². The third kappa shape index (κ3) is 4.20. The van der Waals surface area contributed by atoms with Gasteiger partial charge in [0.15, 0.2) is 0 Å². The van der Waals surface area contributed by atoms with Gasteiger partial charge in [0.1, 0.15) is 5.82 Å². The second kappa shape index (κ2) is 7.62. The molecule has 1 heterocycles. The molecule has 0 bridgehead atoms. The number of pyridine rings is 1. The fourth-order valence-corrected chi connectivity index (χ4v) is 3.10. The number of nitrogens with zero attached hydrogens (tertiary/aromatic N) is 2. The molecule has 1 amide bonds. The van der Waals surface area contributed by atoms with Crippen LogP contribution in [-0.4, -0.2) is 22.7 Å². The molecule has 1 aliphatic carbocycles. The Balaban J connectivity index is 2.00. The van der Waals surface area contributed by atoms with Gasteiger partial charge >= 0.3 is 6.09 Å². The van der Waals surface area contributed by atoms with Crippen molar-refractivity contribution in [1.29, 1.82) is 0 Å². The van der Waals surface area contributed by atoms with Gasteiger partial charge in [-0.25, -0.2) is 9.78 Å². The molecule has 1 fully saturated rings. The molecule has 1 saturated carbocycles. The van der Waals surface area contributed by atoms with E-state index in [1.165, 1.54) is 37.0 Å². The maximum atomic E-state index is 11.4. The minimum atomic E-state index is -0.917. The van der Waals surface area contributed by atoms with Crippen LogP contribution in [0, 0.1) is 5.92 Å². The summed E-state index contributed by atoms with van der Waals surface area (Å²) >= 11 is 3.35. The van der Waals surface area contributed by atoms with Gasteiger partial charge in [-0.15, -0.1) is 0 Å². The molecule has 0 aromatic carbocycles. The second-order valence-electron chi connectivity index (χ2n) is 5.35. The van der Waals surface area contributed by atoms with Gasteiger partial charge in [0, 0.05) is 11.9 Å². The van der Waals surface area contributed by atoms with Gasteiger partial charge in [0.25, 0.3) is 0 Å². The monoisotopic (exact) mass is 340 g/mol. The number of rotatable bonds is 5. The summed E-state index contributed by atoms with van der Waals surface area (Å²) in [4.78, 5) is 17.2. The number of halogens is 1. The Kier molecular flexibility index (Phi) is 5.83. The maximum absolute atomic E-state index is 11.4. The fourth-order valence-electron chi connectivity index (χ4n) is 2.79. The van der Waals surface area contributed by atoms with Crippen LogP contribution in [0.15, 0.2) is 18.2 Å². The van der Waals surface area contributed by atoms with Gasteiger partial charge in [-0.1, -0.05) is 54.1 Å². The summed E-state index contributed by atoms with van der Waals surface area (Å²) in [7, 11) is 0. The molecule has 1 aromatic heterocycles. The highest BCUT2D eigenvalue weighted by Crippen LogP contribution is 2.27. The highest BCUT2D eigenvalue weighted by Gasteiger charge is 2.19. The summed E-state index contributed by atoms with van der Waals surface area (Å²) in [6.45, 7) is 0.540. The van der Waals surface area contributed by atoms with Crippen LogP contribution in [0.2, 0.25) is 0 Å². The number of alkyl halides is 1. The number of carbonyl (C=O) groups is 1. The van der Waals surface area contributed by atoms with Gasteiger partial charge in [-0.3, -0.25) is 4.90 Å². The largest absolute Gasteiger partial charge is 0.465 e. The van der Waals surface area contributed by atoms with E-state index >= 15 is 0 Å². The minimum Gasteiger partial charge on any atom is -0.465 e. The van der Waals surface area contributed by atoms with Crippen molar-refractivity contribution in [3.63, 3.8) is 0 Å². The first kappa shape index (κ1) is 15.3. The van der Waals surface area contributed by atoms with E-state index in [2.05, 4.69) is 20.9 Å². The Morgan fingerprint density at radius 1 is 1.35 bits per heavy atom. The van der Waals surface area contributed by atoms with Crippen LogP contribution in [0.25, 0.3) is 0 Å². The molecule has 0 atom stereocenters. The van der Waals surface area contributed by atoms with E-state index < -0.39 is 6.09 Å². The van der Waals surface area contributed by atoms with Crippen LogP contribution in [0.3, 0.4) is 0 Å². The molecule has 20 heavy (non-hydrogen) atoms. The number of anilines is 1. The lowest BCUT2D eigenvalue weighted by Gasteiger charge is -2.25. The number of amides is 1. The Morgan fingerprint density at radius 2 is 2.10 bits per heavy atom. The normalized spacial score (nSPS) is 16.1. The zero-order valence-corrected chi connectivity index (χ0v) is 13.2. The lowest BCUT2D eigenvalue weighted by molar-refractivity contribution is 0.200. The van der Waals surface area contributed by atoms with Crippen molar-refractivity contribution in [2.75, 3.05) is 11.4 Å². The summed E-state index contributed by atoms with van der Waals surface area (Å²) in [6, 6.07) is 5.51. The second-order valence-corrected chi connectivity index (χ2v) is 5.91. The van der Waals surface area contributed by atoms with Crippen molar-refractivity contribution in [3.8, 4) is 0 Å². The molecule has 0 aliphatic heterocycles. The molecule has 4 nitrogen and oxygen atoms in total. The van der Waals surface area contributed by atoms with Crippen molar-refractivity contribution < 1.29 is 9.90 Å². The predicted octanol–water partition coefficient (Wildman–Crippen LogP) is 4.43. The average molecular weight is 341 g/mol. The standard InChI is InChI=1S/C15H21BrN2O2/c16-11-13-7-4-8-14(17-13)18(15(19)20)10-9-12-5-2-1-3-6-12/h4,7-8,12H,1-3,5-6,9-11H2,(H,19,20).